The Bertz CT molecular complexity index is 732. The first kappa shape index (κ1) is 13.6. The van der Waals surface area contributed by atoms with Crippen molar-refractivity contribution in [1.82, 2.24) is 14.9 Å². The van der Waals surface area contributed by atoms with Crippen LogP contribution in [0.25, 0.3) is 0 Å². The highest BCUT2D eigenvalue weighted by Gasteiger charge is 2.22. The number of imidazole rings is 1. The number of hydrogen-bond donors (Lipinski definition) is 1. The van der Waals surface area contributed by atoms with Gasteiger partial charge in [-0.3, -0.25) is 4.79 Å². The fourth-order valence-electron chi connectivity index (χ4n) is 3.69. The van der Waals surface area contributed by atoms with Crippen molar-refractivity contribution >= 4 is 5.91 Å². The number of carbonyl (C=O) groups is 1. The average Bonchev–Trinajstić information content (AvgIpc) is 3.10. The maximum Gasteiger partial charge on any atom is 0.251 e. The van der Waals surface area contributed by atoms with E-state index in [1.54, 1.807) is 0 Å². The summed E-state index contributed by atoms with van der Waals surface area (Å²) in [5, 5.41) is 3.19. The number of carbonyl (C=O) groups excluding carboxylic acids is 1. The molecule has 1 N–H and O–H groups in total. The Labute approximate surface area is 130 Å². The molecule has 1 aliphatic heterocycles. The van der Waals surface area contributed by atoms with Gasteiger partial charge in [-0.15, -0.1) is 0 Å². The lowest BCUT2D eigenvalue weighted by Crippen LogP contribution is -2.40. The SMILES string of the molecule is Cc1cn2c(n1)CC[C@@H](NC(=O)c1ccc3c(c1)CCC3)C2. The summed E-state index contributed by atoms with van der Waals surface area (Å²) in [5.74, 6) is 1.19. The van der Waals surface area contributed by atoms with Crippen molar-refractivity contribution in [1.29, 1.82) is 0 Å². The predicted octanol–water partition coefficient (Wildman–Crippen LogP) is 2.43. The Balaban J connectivity index is 1.46. The maximum atomic E-state index is 12.5. The lowest BCUT2D eigenvalue weighted by Gasteiger charge is -2.24. The molecule has 22 heavy (non-hydrogen) atoms. The van der Waals surface area contributed by atoms with E-state index < -0.39 is 0 Å². The molecule has 1 atom stereocenters. The molecule has 2 aliphatic rings. The molecule has 2 heterocycles. The van der Waals surface area contributed by atoms with Crippen LogP contribution in [-0.4, -0.2) is 21.5 Å². The van der Waals surface area contributed by atoms with Crippen molar-refractivity contribution in [2.24, 2.45) is 0 Å². The van der Waals surface area contributed by atoms with E-state index in [2.05, 4.69) is 33.2 Å². The molecule has 1 aromatic carbocycles. The van der Waals surface area contributed by atoms with Gasteiger partial charge in [-0.25, -0.2) is 4.98 Å². The van der Waals surface area contributed by atoms with Gasteiger partial charge in [0, 0.05) is 30.8 Å². The first-order chi connectivity index (χ1) is 10.7. The van der Waals surface area contributed by atoms with Gasteiger partial charge in [0.2, 0.25) is 0 Å². The lowest BCUT2D eigenvalue weighted by molar-refractivity contribution is 0.0927. The first-order valence-electron chi connectivity index (χ1n) is 8.14. The Morgan fingerprint density at radius 1 is 1.27 bits per heavy atom. The summed E-state index contributed by atoms with van der Waals surface area (Å²) in [5.41, 5.74) is 4.62. The lowest BCUT2D eigenvalue weighted by atomic mass is 10.0. The monoisotopic (exact) mass is 295 g/mol. The minimum Gasteiger partial charge on any atom is -0.347 e. The van der Waals surface area contributed by atoms with E-state index in [4.69, 9.17) is 0 Å². The van der Waals surface area contributed by atoms with Gasteiger partial charge in [-0.2, -0.15) is 0 Å². The number of hydrogen-bond acceptors (Lipinski definition) is 2. The topological polar surface area (TPSA) is 46.9 Å². The second-order valence-corrected chi connectivity index (χ2v) is 6.50. The Morgan fingerprint density at radius 2 is 2.14 bits per heavy atom. The van der Waals surface area contributed by atoms with E-state index in [1.165, 1.54) is 17.5 Å². The minimum absolute atomic E-state index is 0.0555. The number of nitrogens with zero attached hydrogens (tertiary/aromatic N) is 2. The molecule has 0 radical (unpaired) electrons. The summed E-state index contributed by atoms with van der Waals surface area (Å²) < 4.78 is 2.17. The number of aromatic nitrogens is 2. The first-order valence-corrected chi connectivity index (χ1v) is 8.14. The largest absolute Gasteiger partial charge is 0.347 e. The van der Waals surface area contributed by atoms with Crippen LogP contribution in [-0.2, 0) is 25.8 Å². The quantitative estimate of drug-likeness (QED) is 0.925. The van der Waals surface area contributed by atoms with Gasteiger partial charge in [0.1, 0.15) is 5.82 Å². The van der Waals surface area contributed by atoms with Gasteiger partial charge in [0.05, 0.1) is 5.69 Å². The number of rotatable bonds is 2. The van der Waals surface area contributed by atoms with Gasteiger partial charge in [0.25, 0.3) is 5.91 Å². The third-order valence-corrected chi connectivity index (χ3v) is 4.81. The van der Waals surface area contributed by atoms with Crippen LogP contribution in [0, 0.1) is 6.92 Å². The van der Waals surface area contributed by atoms with Crippen molar-refractivity contribution in [3.8, 4) is 0 Å². The van der Waals surface area contributed by atoms with Crippen LogP contribution in [0.4, 0.5) is 0 Å². The summed E-state index contributed by atoms with van der Waals surface area (Å²) in [7, 11) is 0. The molecule has 0 spiro atoms. The molecular weight excluding hydrogens is 274 g/mol. The van der Waals surface area contributed by atoms with E-state index in [0.29, 0.717) is 0 Å². The molecule has 1 amide bonds. The van der Waals surface area contributed by atoms with Crippen molar-refractivity contribution in [2.45, 2.75) is 51.6 Å². The number of aryl methyl sites for hydroxylation is 4. The third-order valence-electron chi connectivity index (χ3n) is 4.81. The van der Waals surface area contributed by atoms with Crippen molar-refractivity contribution in [2.75, 3.05) is 0 Å². The van der Waals surface area contributed by atoms with Gasteiger partial charge in [-0.1, -0.05) is 6.07 Å². The van der Waals surface area contributed by atoms with Crippen molar-refractivity contribution in [3.05, 3.63) is 52.6 Å². The molecule has 114 valence electrons. The van der Waals surface area contributed by atoms with Gasteiger partial charge >= 0.3 is 0 Å². The second kappa shape index (κ2) is 5.27. The zero-order valence-electron chi connectivity index (χ0n) is 12.9. The van der Waals surface area contributed by atoms with Crippen molar-refractivity contribution < 1.29 is 4.79 Å². The smallest absolute Gasteiger partial charge is 0.251 e. The Hall–Kier alpha value is -2.10. The Kier molecular flexibility index (Phi) is 3.25. The van der Waals surface area contributed by atoms with Crippen LogP contribution in [0.2, 0.25) is 0 Å². The third kappa shape index (κ3) is 2.43. The number of nitrogens with one attached hydrogen (secondary N) is 1. The molecule has 4 rings (SSSR count). The van der Waals surface area contributed by atoms with E-state index in [0.717, 1.165) is 49.3 Å². The molecule has 0 saturated carbocycles. The number of benzene rings is 1. The minimum atomic E-state index is 0.0555. The molecule has 0 bridgehead atoms. The van der Waals surface area contributed by atoms with Gasteiger partial charge in [0.15, 0.2) is 0 Å². The fraction of sp³-hybridized carbons (Fsp3) is 0.444. The van der Waals surface area contributed by atoms with Crippen LogP contribution in [0.3, 0.4) is 0 Å². The average molecular weight is 295 g/mol. The van der Waals surface area contributed by atoms with Crippen LogP contribution < -0.4 is 5.32 Å². The second-order valence-electron chi connectivity index (χ2n) is 6.50. The number of amides is 1. The highest BCUT2D eigenvalue weighted by atomic mass is 16.1. The molecule has 0 saturated heterocycles. The number of fused-ring (bicyclic) bond motifs is 2. The highest BCUT2D eigenvalue weighted by molar-refractivity contribution is 5.94. The molecule has 2 aromatic rings. The molecule has 1 aliphatic carbocycles. The zero-order chi connectivity index (χ0) is 15.1. The van der Waals surface area contributed by atoms with E-state index in [1.807, 2.05) is 13.0 Å². The van der Waals surface area contributed by atoms with Gasteiger partial charge in [-0.05, 0) is 55.9 Å². The van der Waals surface area contributed by atoms with E-state index in [9.17, 15) is 4.79 Å². The molecular formula is C18H21N3O. The highest BCUT2D eigenvalue weighted by Crippen LogP contribution is 2.23. The zero-order valence-corrected chi connectivity index (χ0v) is 12.9. The summed E-state index contributed by atoms with van der Waals surface area (Å²) in [6.07, 6.45) is 7.45. The summed E-state index contributed by atoms with van der Waals surface area (Å²) in [4.78, 5) is 17.0. The standard InChI is InChI=1S/C18H21N3O/c1-12-10-21-11-16(7-8-17(21)19-12)20-18(22)15-6-5-13-3-2-4-14(13)9-15/h5-6,9-10,16H,2-4,7-8,11H2,1H3,(H,20,22)/t16-/m1/s1. The molecule has 4 heteroatoms. The summed E-state index contributed by atoms with van der Waals surface area (Å²) in [6.45, 7) is 2.84. The molecule has 0 unspecified atom stereocenters. The Morgan fingerprint density at radius 3 is 3.05 bits per heavy atom. The summed E-state index contributed by atoms with van der Waals surface area (Å²) in [6, 6.07) is 6.36. The fourth-order valence-corrected chi connectivity index (χ4v) is 3.69. The summed E-state index contributed by atoms with van der Waals surface area (Å²) >= 11 is 0. The molecule has 1 aromatic heterocycles. The van der Waals surface area contributed by atoms with Crippen LogP contribution >= 0.6 is 0 Å². The van der Waals surface area contributed by atoms with Crippen LogP contribution in [0.5, 0.6) is 0 Å². The van der Waals surface area contributed by atoms with Crippen LogP contribution in [0.15, 0.2) is 24.4 Å². The molecule has 4 nitrogen and oxygen atoms in total. The van der Waals surface area contributed by atoms with E-state index >= 15 is 0 Å². The van der Waals surface area contributed by atoms with Crippen molar-refractivity contribution in [3.63, 3.8) is 0 Å². The predicted molar refractivity (Wildman–Crippen MR) is 85.0 cm³/mol. The molecule has 0 fully saturated rings. The van der Waals surface area contributed by atoms with E-state index in [-0.39, 0.29) is 11.9 Å². The van der Waals surface area contributed by atoms with Gasteiger partial charge < -0.3 is 9.88 Å². The van der Waals surface area contributed by atoms with Crippen LogP contribution in [0.1, 0.15) is 45.8 Å². The maximum absolute atomic E-state index is 12.5. The normalized spacial score (nSPS) is 19.6.